The van der Waals surface area contributed by atoms with Crippen LogP contribution in [0.5, 0.6) is 0 Å². The molecule has 16 N–H and O–H groups in total. The van der Waals surface area contributed by atoms with Gasteiger partial charge in [-0.2, -0.15) is 0 Å². The van der Waals surface area contributed by atoms with E-state index in [0.717, 1.165) is 0 Å². The summed E-state index contributed by atoms with van der Waals surface area (Å²) in [6.07, 6.45) is 1.41. The summed E-state index contributed by atoms with van der Waals surface area (Å²) in [6.45, 7) is 4.71. The van der Waals surface area contributed by atoms with Crippen molar-refractivity contribution in [2.75, 3.05) is 19.8 Å². The van der Waals surface area contributed by atoms with Crippen LogP contribution >= 0.6 is 0 Å². The zero-order chi connectivity index (χ0) is 14.8. The molecule has 0 aliphatic carbocycles. The molecule has 138 valence electrons. The van der Waals surface area contributed by atoms with E-state index in [1.165, 1.54) is 12.3 Å². The molecule has 1 rings (SSSR count). The Morgan fingerprint density at radius 3 is 1.36 bits per heavy atom. The van der Waals surface area contributed by atoms with Gasteiger partial charge in [0.05, 0.1) is 11.7 Å². The minimum absolute atomic E-state index is 0. The molecule has 1 aromatic heterocycles. The van der Waals surface area contributed by atoms with Crippen LogP contribution in [0.4, 0.5) is 0 Å². The number of carboxylic acids is 1. The number of pyridine rings is 1. The van der Waals surface area contributed by atoms with Crippen molar-refractivity contribution in [1.29, 1.82) is 0 Å². The predicted octanol–water partition coefficient (Wildman–Crippen LogP) is -0.950. The number of rotatable bonds is 1. The first-order valence-corrected chi connectivity index (χ1v) is 5.42. The third kappa shape index (κ3) is 51.6. The molecule has 0 unspecified atom stereocenters. The lowest BCUT2D eigenvalue weighted by atomic mass is 10.4. The second-order valence-corrected chi connectivity index (χ2v) is 2.37. The quantitative estimate of drug-likeness (QED) is 0.503. The van der Waals surface area contributed by atoms with Gasteiger partial charge >= 0.3 is 0 Å². The highest BCUT2D eigenvalue weighted by atomic mass is 16.4. The third-order valence-corrected chi connectivity index (χ3v) is 0.874. The molecule has 22 heavy (non-hydrogen) atoms. The number of aromatic carboxylic acids is 1. The fourth-order valence-corrected chi connectivity index (χ4v) is 0.484. The molecular formula is C12H35N5O5. The number of hydrogen-bond donors (Lipinski definition) is 4. The van der Waals surface area contributed by atoms with Crippen LogP contribution in [-0.4, -0.2) is 30.8 Å². The lowest BCUT2D eigenvalue weighted by Gasteiger charge is -1.96. The van der Waals surface area contributed by atoms with E-state index in [9.17, 15) is 9.90 Å². The van der Waals surface area contributed by atoms with E-state index in [1.54, 1.807) is 32.9 Å². The molecule has 1 heterocycles. The van der Waals surface area contributed by atoms with E-state index in [2.05, 4.69) is 4.98 Å². The molecule has 0 atom stereocenters. The Bertz CT molecular complexity index is 261. The van der Waals surface area contributed by atoms with Crippen molar-refractivity contribution in [2.45, 2.75) is 20.8 Å². The number of aromatic nitrogens is 1. The van der Waals surface area contributed by atoms with Crippen LogP contribution < -0.4 is 45.0 Å². The molecule has 0 saturated carbocycles. The van der Waals surface area contributed by atoms with Crippen molar-refractivity contribution in [3.8, 4) is 0 Å². The Morgan fingerprint density at radius 1 is 0.909 bits per heavy atom. The monoisotopic (exact) mass is 329 g/mol. The SMILES string of the molecule is CC[O-].CC[O-].CC[O-].O=C([O-])c1ccccn1.[NH4+].[NH4+].[NH4+].[NH4+]. The molecule has 0 bridgehead atoms. The number of carbonyl (C=O) groups excluding carboxylic acids is 1. The maximum atomic E-state index is 10.0. The van der Waals surface area contributed by atoms with Gasteiger partial charge in [0.2, 0.25) is 0 Å². The molecule has 0 aliphatic heterocycles. The minimum Gasteiger partial charge on any atom is -0.855 e. The maximum Gasteiger partial charge on any atom is 0.0899 e. The predicted molar refractivity (Wildman–Crippen MR) is 84.1 cm³/mol. The molecular weight excluding hydrogens is 294 g/mol. The Balaban J connectivity index is -0.0000000302. The molecule has 0 aliphatic rings. The Morgan fingerprint density at radius 2 is 1.23 bits per heavy atom. The van der Waals surface area contributed by atoms with Gasteiger partial charge in [0.25, 0.3) is 0 Å². The Hall–Kier alpha value is -1.66. The van der Waals surface area contributed by atoms with Gasteiger partial charge in [0, 0.05) is 6.20 Å². The zero-order valence-corrected chi connectivity index (χ0v) is 14.9. The number of quaternary nitrogens is 4. The fraction of sp³-hybridized carbons (Fsp3) is 0.500. The smallest absolute Gasteiger partial charge is 0.0899 e. The lowest BCUT2D eigenvalue weighted by molar-refractivity contribution is -0.362. The van der Waals surface area contributed by atoms with E-state index in [0.29, 0.717) is 0 Å². The average molecular weight is 329 g/mol. The molecule has 0 fully saturated rings. The first-order chi connectivity index (χ1) is 8.55. The van der Waals surface area contributed by atoms with E-state index in [1.807, 2.05) is 0 Å². The molecule has 10 nitrogen and oxygen atoms in total. The lowest BCUT2D eigenvalue weighted by Crippen LogP contribution is -2.23. The van der Waals surface area contributed by atoms with Crippen molar-refractivity contribution in [1.82, 2.24) is 29.6 Å². The van der Waals surface area contributed by atoms with Crippen LogP contribution in [0.3, 0.4) is 0 Å². The van der Waals surface area contributed by atoms with Crippen LogP contribution in [0.1, 0.15) is 31.3 Å². The van der Waals surface area contributed by atoms with E-state index >= 15 is 0 Å². The number of carboxylic acid groups (broad SMARTS) is 1. The zero-order valence-electron chi connectivity index (χ0n) is 14.9. The van der Waals surface area contributed by atoms with Crippen LogP contribution in [-0.2, 0) is 0 Å². The molecule has 0 radical (unpaired) electrons. The first-order valence-electron chi connectivity index (χ1n) is 5.42. The van der Waals surface area contributed by atoms with Gasteiger partial charge in [-0.25, -0.2) is 0 Å². The Labute approximate surface area is 132 Å². The van der Waals surface area contributed by atoms with Crippen molar-refractivity contribution >= 4 is 5.97 Å². The highest BCUT2D eigenvalue weighted by Crippen LogP contribution is 1.88. The summed E-state index contributed by atoms with van der Waals surface area (Å²) < 4.78 is 0. The topological polar surface area (TPSA) is 268 Å². The molecule has 0 spiro atoms. The van der Waals surface area contributed by atoms with Crippen molar-refractivity contribution in [3.05, 3.63) is 30.1 Å². The number of nitrogens with zero attached hydrogens (tertiary/aromatic N) is 1. The Kier molecular flexibility index (Phi) is 83.0. The van der Waals surface area contributed by atoms with Crippen molar-refractivity contribution in [3.63, 3.8) is 0 Å². The summed E-state index contributed by atoms with van der Waals surface area (Å²) in [4.78, 5) is 13.5. The van der Waals surface area contributed by atoms with E-state index in [4.69, 9.17) is 15.3 Å². The minimum atomic E-state index is -1.24. The van der Waals surface area contributed by atoms with Gasteiger partial charge in [0.15, 0.2) is 0 Å². The highest BCUT2D eigenvalue weighted by Gasteiger charge is 1.87. The fourth-order valence-electron chi connectivity index (χ4n) is 0.484. The maximum absolute atomic E-state index is 10.0. The summed E-state index contributed by atoms with van der Waals surface area (Å²) in [5.74, 6) is -1.24. The van der Waals surface area contributed by atoms with Gasteiger partial charge in [-0.15, -0.1) is 19.8 Å². The molecule has 10 heteroatoms. The molecule has 0 saturated heterocycles. The third-order valence-electron chi connectivity index (χ3n) is 0.874. The average Bonchev–Trinajstić information content (AvgIpc) is 2.33. The first kappa shape index (κ1) is 42.8. The summed E-state index contributed by atoms with van der Waals surface area (Å²) in [5.41, 5.74) is -0.0301. The van der Waals surface area contributed by atoms with E-state index < -0.39 is 5.97 Å². The van der Waals surface area contributed by atoms with Gasteiger partial charge in [0.1, 0.15) is 0 Å². The number of carbonyl (C=O) groups is 1. The van der Waals surface area contributed by atoms with Crippen molar-refractivity contribution < 1.29 is 25.2 Å². The summed E-state index contributed by atoms with van der Waals surface area (Å²) in [7, 11) is 0. The van der Waals surface area contributed by atoms with E-state index in [-0.39, 0.29) is 50.1 Å². The van der Waals surface area contributed by atoms with Crippen LogP contribution in [0.15, 0.2) is 24.4 Å². The van der Waals surface area contributed by atoms with Gasteiger partial charge < -0.3 is 49.8 Å². The second kappa shape index (κ2) is 42.7. The molecule has 0 aromatic carbocycles. The second-order valence-electron chi connectivity index (χ2n) is 2.37. The number of hydrogen-bond acceptors (Lipinski definition) is 6. The summed E-state index contributed by atoms with van der Waals surface area (Å²) in [6, 6.07) is 4.62. The van der Waals surface area contributed by atoms with Crippen LogP contribution in [0.2, 0.25) is 0 Å². The van der Waals surface area contributed by atoms with Crippen molar-refractivity contribution in [2.24, 2.45) is 0 Å². The van der Waals surface area contributed by atoms with Crippen LogP contribution in [0.25, 0.3) is 0 Å². The van der Waals surface area contributed by atoms with Gasteiger partial charge in [-0.05, 0) is 12.1 Å². The summed E-state index contributed by atoms with van der Waals surface area (Å²) in [5, 5.41) is 36.8. The molecule has 0 amide bonds. The van der Waals surface area contributed by atoms with Crippen LogP contribution in [0, 0.1) is 0 Å². The molecule has 1 aromatic rings. The summed E-state index contributed by atoms with van der Waals surface area (Å²) >= 11 is 0. The largest absolute Gasteiger partial charge is 0.855 e. The van der Waals surface area contributed by atoms with Gasteiger partial charge in [-0.3, -0.25) is 4.98 Å². The highest BCUT2D eigenvalue weighted by molar-refractivity contribution is 5.83. The standard InChI is InChI=1S/C6H5NO2.3C2H5O.4H3N/c8-6(9)5-3-1-2-4-7-5;3*1-2-3;;;;/h1-4H,(H,8,9);3*2H2,1H3;4*1H3/q;3*-1;;;;/p+3. The normalized spacial score (nSPS) is 6.09. The van der Waals surface area contributed by atoms with Gasteiger partial charge in [-0.1, -0.05) is 26.8 Å².